The number of urea groups is 1. The first-order chi connectivity index (χ1) is 17.4. The number of nitrogens with zero attached hydrogens (tertiary/aromatic N) is 2. The van der Waals surface area contributed by atoms with Crippen LogP contribution in [-0.4, -0.2) is 40.5 Å². The molecule has 1 aromatic heterocycles. The number of carbonyl (C=O) groups excluding carboxylic acids is 3. The maximum absolute atomic E-state index is 13.7. The minimum Gasteiger partial charge on any atom is -0.454 e. The van der Waals surface area contributed by atoms with Crippen LogP contribution in [0.15, 0.2) is 48.5 Å². The molecule has 6 rings (SSSR count). The van der Waals surface area contributed by atoms with Gasteiger partial charge in [-0.25, -0.2) is 4.79 Å². The predicted octanol–water partition coefficient (Wildman–Crippen LogP) is 4.18. The maximum atomic E-state index is 13.7. The average molecular weight is 486 g/mol. The Morgan fingerprint density at radius 3 is 2.69 bits per heavy atom. The summed E-state index contributed by atoms with van der Waals surface area (Å²) in [6.45, 7) is 3.66. The van der Waals surface area contributed by atoms with E-state index in [0.717, 1.165) is 52.4 Å². The normalized spacial score (nSPS) is 20.4. The molecule has 1 spiro atoms. The van der Waals surface area contributed by atoms with Crippen molar-refractivity contribution in [1.29, 1.82) is 0 Å². The highest BCUT2D eigenvalue weighted by atomic mass is 16.7. The molecule has 1 atom stereocenters. The summed E-state index contributed by atoms with van der Waals surface area (Å²) in [7, 11) is 0. The van der Waals surface area contributed by atoms with E-state index in [4.69, 9.17) is 9.47 Å². The van der Waals surface area contributed by atoms with Gasteiger partial charge in [0.1, 0.15) is 5.54 Å². The van der Waals surface area contributed by atoms with Crippen LogP contribution in [0.3, 0.4) is 0 Å². The van der Waals surface area contributed by atoms with Crippen LogP contribution in [0.5, 0.6) is 11.5 Å². The zero-order chi connectivity index (χ0) is 25.0. The van der Waals surface area contributed by atoms with E-state index in [0.29, 0.717) is 23.5 Å². The SMILES string of the molecule is Cc1cc(C(=O)CN2C(=O)NC3(CCCCc4ccccc43)C2=O)c(C)n1-c1ccc2c(c1)OCO2. The van der Waals surface area contributed by atoms with E-state index < -0.39 is 11.6 Å². The molecular formula is C28H27N3O5. The lowest BCUT2D eigenvalue weighted by Gasteiger charge is -2.27. The monoisotopic (exact) mass is 485 g/mol. The molecule has 2 aliphatic heterocycles. The van der Waals surface area contributed by atoms with Gasteiger partial charge >= 0.3 is 6.03 Å². The molecule has 2 aromatic carbocycles. The van der Waals surface area contributed by atoms with Crippen LogP contribution in [-0.2, 0) is 16.8 Å². The van der Waals surface area contributed by atoms with Crippen LogP contribution in [0.25, 0.3) is 5.69 Å². The Morgan fingerprint density at radius 1 is 1.03 bits per heavy atom. The number of amides is 3. The smallest absolute Gasteiger partial charge is 0.325 e. The molecule has 0 saturated carbocycles. The van der Waals surface area contributed by atoms with E-state index in [1.807, 2.05) is 60.9 Å². The fourth-order valence-electron chi connectivity index (χ4n) is 5.81. The molecule has 3 aromatic rings. The molecule has 0 bridgehead atoms. The molecule has 3 heterocycles. The second-order valence-corrected chi connectivity index (χ2v) is 9.67. The van der Waals surface area contributed by atoms with Gasteiger partial charge in [0.25, 0.3) is 5.91 Å². The summed E-state index contributed by atoms with van der Waals surface area (Å²) in [4.78, 5) is 41.3. The topological polar surface area (TPSA) is 89.9 Å². The van der Waals surface area contributed by atoms with Gasteiger partial charge in [-0.1, -0.05) is 24.3 Å². The fourth-order valence-corrected chi connectivity index (χ4v) is 5.81. The average Bonchev–Trinajstić information content (AvgIpc) is 3.48. The molecule has 1 unspecified atom stereocenters. The lowest BCUT2D eigenvalue weighted by atomic mass is 9.84. The zero-order valence-corrected chi connectivity index (χ0v) is 20.3. The summed E-state index contributed by atoms with van der Waals surface area (Å²) in [5.41, 5.74) is 3.73. The third-order valence-corrected chi connectivity index (χ3v) is 7.55. The number of rotatable bonds is 4. The number of aryl methyl sites for hydroxylation is 2. The van der Waals surface area contributed by atoms with Crippen molar-refractivity contribution < 1.29 is 23.9 Å². The highest BCUT2D eigenvalue weighted by Crippen LogP contribution is 2.39. The number of hydrogen-bond donors (Lipinski definition) is 1. The van der Waals surface area contributed by atoms with Gasteiger partial charge in [0.15, 0.2) is 17.3 Å². The minimum absolute atomic E-state index is 0.185. The highest BCUT2D eigenvalue weighted by Gasteiger charge is 2.53. The third kappa shape index (κ3) is 3.31. The van der Waals surface area contributed by atoms with Gasteiger partial charge in [0, 0.05) is 28.7 Å². The number of Topliss-reactive ketones (excluding diaryl/α,β-unsaturated/α-hetero) is 1. The van der Waals surface area contributed by atoms with Crippen molar-refractivity contribution in [3.8, 4) is 17.2 Å². The summed E-state index contributed by atoms with van der Waals surface area (Å²) < 4.78 is 12.9. The predicted molar refractivity (Wildman–Crippen MR) is 132 cm³/mol. The third-order valence-electron chi connectivity index (χ3n) is 7.55. The summed E-state index contributed by atoms with van der Waals surface area (Å²) in [5, 5.41) is 2.96. The maximum Gasteiger partial charge on any atom is 0.325 e. The van der Waals surface area contributed by atoms with Crippen molar-refractivity contribution in [2.24, 2.45) is 0 Å². The Balaban J connectivity index is 1.29. The summed E-state index contributed by atoms with van der Waals surface area (Å²) in [6, 6.07) is 14.7. The molecule has 3 aliphatic rings. The molecule has 1 saturated heterocycles. The van der Waals surface area contributed by atoms with Gasteiger partial charge in [-0.15, -0.1) is 0 Å². The van der Waals surface area contributed by atoms with Crippen molar-refractivity contribution >= 4 is 17.7 Å². The second-order valence-electron chi connectivity index (χ2n) is 9.67. The number of nitrogens with one attached hydrogen (secondary N) is 1. The van der Waals surface area contributed by atoms with E-state index in [2.05, 4.69) is 5.32 Å². The first-order valence-corrected chi connectivity index (χ1v) is 12.2. The lowest BCUT2D eigenvalue weighted by molar-refractivity contribution is -0.131. The number of hydrogen-bond acceptors (Lipinski definition) is 5. The van der Waals surface area contributed by atoms with Crippen molar-refractivity contribution in [2.45, 2.75) is 45.1 Å². The molecule has 8 heteroatoms. The molecule has 184 valence electrons. The van der Waals surface area contributed by atoms with Gasteiger partial charge in [-0.2, -0.15) is 0 Å². The Hall–Kier alpha value is -4.07. The number of benzene rings is 2. The van der Waals surface area contributed by atoms with Crippen molar-refractivity contribution in [2.75, 3.05) is 13.3 Å². The summed E-state index contributed by atoms with van der Waals surface area (Å²) in [6.07, 6.45) is 3.16. The van der Waals surface area contributed by atoms with E-state index in [1.54, 1.807) is 6.07 Å². The Morgan fingerprint density at radius 2 is 1.83 bits per heavy atom. The first-order valence-electron chi connectivity index (χ1n) is 12.2. The zero-order valence-electron chi connectivity index (χ0n) is 20.3. The Labute approximate surface area is 208 Å². The minimum atomic E-state index is -1.10. The van der Waals surface area contributed by atoms with Crippen LogP contribution >= 0.6 is 0 Å². The largest absolute Gasteiger partial charge is 0.454 e. The van der Waals surface area contributed by atoms with E-state index in [1.165, 1.54) is 0 Å². The number of imide groups is 1. The van der Waals surface area contributed by atoms with Crippen molar-refractivity contribution in [3.05, 3.63) is 76.6 Å². The lowest BCUT2D eigenvalue weighted by Crippen LogP contribution is -2.44. The molecule has 0 radical (unpaired) electrons. The van der Waals surface area contributed by atoms with Crippen molar-refractivity contribution in [3.63, 3.8) is 0 Å². The number of ketones is 1. The number of aromatic nitrogens is 1. The van der Waals surface area contributed by atoms with E-state index in [9.17, 15) is 14.4 Å². The Bertz CT molecular complexity index is 1420. The molecule has 36 heavy (non-hydrogen) atoms. The van der Waals surface area contributed by atoms with Crippen LogP contribution in [0.1, 0.15) is 52.1 Å². The van der Waals surface area contributed by atoms with Crippen LogP contribution < -0.4 is 14.8 Å². The first kappa shape index (κ1) is 22.4. The van der Waals surface area contributed by atoms with Gasteiger partial charge < -0.3 is 19.4 Å². The van der Waals surface area contributed by atoms with Gasteiger partial charge in [-0.05, 0) is 68.9 Å². The number of ether oxygens (including phenoxy) is 2. The molecule has 1 N–H and O–H groups in total. The van der Waals surface area contributed by atoms with E-state index >= 15 is 0 Å². The number of fused-ring (bicyclic) bond motifs is 3. The molecule has 1 fully saturated rings. The summed E-state index contributed by atoms with van der Waals surface area (Å²) >= 11 is 0. The van der Waals surface area contributed by atoms with Crippen LogP contribution in [0, 0.1) is 13.8 Å². The van der Waals surface area contributed by atoms with Gasteiger partial charge in [0.2, 0.25) is 6.79 Å². The van der Waals surface area contributed by atoms with Gasteiger partial charge in [-0.3, -0.25) is 14.5 Å². The molecular weight excluding hydrogens is 458 g/mol. The second kappa shape index (κ2) is 8.26. The van der Waals surface area contributed by atoms with E-state index in [-0.39, 0.29) is 25.0 Å². The van der Waals surface area contributed by atoms with Crippen LogP contribution in [0.4, 0.5) is 4.79 Å². The quantitative estimate of drug-likeness (QED) is 0.442. The van der Waals surface area contributed by atoms with Crippen LogP contribution in [0.2, 0.25) is 0 Å². The number of carbonyl (C=O) groups is 3. The highest BCUT2D eigenvalue weighted by molar-refractivity contribution is 6.11. The van der Waals surface area contributed by atoms with Crippen molar-refractivity contribution in [1.82, 2.24) is 14.8 Å². The summed E-state index contributed by atoms with van der Waals surface area (Å²) in [5.74, 6) is 0.712. The molecule has 8 nitrogen and oxygen atoms in total. The molecule has 1 aliphatic carbocycles. The Kier molecular flexibility index (Phi) is 5.14. The van der Waals surface area contributed by atoms with Gasteiger partial charge in [0.05, 0.1) is 6.54 Å². The fraction of sp³-hybridized carbons (Fsp3) is 0.321. The molecule has 3 amide bonds. The standard InChI is InChI=1S/C28H27N3O5/c1-17-13-21(18(2)31(17)20-10-11-24-25(14-20)36-16-35-24)23(32)15-30-26(33)28(29-27(30)34)12-6-5-8-19-7-3-4-9-22(19)28/h3-4,7,9-11,13-14H,5-6,8,12,15-16H2,1-2H3,(H,29,34).